The zero-order valence-electron chi connectivity index (χ0n) is 8.46. The third-order valence-corrected chi connectivity index (χ3v) is 2.46. The van der Waals surface area contributed by atoms with Crippen molar-refractivity contribution in [1.82, 2.24) is 0 Å². The van der Waals surface area contributed by atoms with Gasteiger partial charge in [-0.05, 0) is 37.4 Å². The molecule has 3 nitrogen and oxygen atoms in total. The lowest BCUT2D eigenvalue weighted by Gasteiger charge is -2.04. The summed E-state index contributed by atoms with van der Waals surface area (Å²) in [6.45, 7) is 0.755. The second-order valence-electron chi connectivity index (χ2n) is 3.52. The van der Waals surface area contributed by atoms with E-state index in [1.807, 2.05) is 0 Å². The minimum Gasteiger partial charge on any atom is -0.453 e. The van der Waals surface area contributed by atoms with Gasteiger partial charge in [0, 0.05) is 0 Å². The Hall–Kier alpha value is -1.29. The molecule has 0 saturated heterocycles. The Morgan fingerprint density at radius 3 is 2.93 bits per heavy atom. The summed E-state index contributed by atoms with van der Waals surface area (Å²) in [4.78, 5) is 0. The maximum Gasteiger partial charge on any atom is 0.231 e. The maximum absolute atomic E-state index is 13.8. The SMILES string of the molecule is NCCCCc1ccc2c(c1F)OCO2. The van der Waals surface area contributed by atoms with E-state index in [-0.39, 0.29) is 18.4 Å². The van der Waals surface area contributed by atoms with Gasteiger partial charge in [-0.2, -0.15) is 0 Å². The van der Waals surface area contributed by atoms with Crippen LogP contribution in [0.15, 0.2) is 12.1 Å². The van der Waals surface area contributed by atoms with Gasteiger partial charge < -0.3 is 15.2 Å². The van der Waals surface area contributed by atoms with Crippen molar-refractivity contribution in [3.8, 4) is 11.5 Å². The third-order valence-electron chi connectivity index (χ3n) is 2.46. The smallest absolute Gasteiger partial charge is 0.231 e. The van der Waals surface area contributed by atoms with Crippen LogP contribution >= 0.6 is 0 Å². The number of halogens is 1. The molecule has 0 fully saturated rings. The molecule has 1 aliphatic heterocycles. The highest BCUT2D eigenvalue weighted by atomic mass is 19.1. The maximum atomic E-state index is 13.8. The molecule has 0 atom stereocenters. The zero-order chi connectivity index (χ0) is 10.7. The quantitative estimate of drug-likeness (QED) is 0.773. The number of unbranched alkanes of at least 4 members (excludes halogenated alkanes) is 1. The molecule has 0 aromatic heterocycles. The first kappa shape index (κ1) is 10.2. The molecule has 0 amide bonds. The summed E-state index contributed by atoms with van der Waals surface area (Å²) < 4.78 is 23.9. The topological polar surface area (TPSA) is 44.5 Å². The first-order chi connectivity index (χ1) is 7.33. The van der Waals surface area contributed by atoms with Crippen molar-refractivity contribution in [2.75, 3.05) is 13.3 Å². The number of fused-ring (bicyclic) bond motifs is 1. The molecule has 1 aliphatic rings. The Morgan fingerprint density at radius 2 is 2.13 bits per heavy atom. The fraction of sp³-hybridized carbons (Fsp3) is 0.455. The fourth-order valence-corrected chi connectivity index (χ4v) is 1.63. The monoisotopic (exact) mass is 211 g/mol. The highest BCUT2D eigenvalue weighted by Crippen LogP contribution is 2.36. The number of ether oxygens (including phenoxy) is 2. The van der Waals surface area contributed by atoms with Crippen molar-refractivity contribution >= 4 is 0 Å². The van der Waals surface area contributed by atoms with Crippen molar-refractivity contribution in [1.29, 1.82) is 0 Å². The lowest BCUT2D eigenvalue weighted by atomic mass is 10.1. The predicted octanol–water partition coefficient (Wildman–Crippen LogP) is 1.84. The van der Waals surface area contributed by atoms with Crippen LogP contribution in [-0.4, -0.2) is 13.3 Å². The standard InChI is InChI=1S/C11H14FNO2/c12-10-8(3-1-2-6-13)4-5-9-11(10)15-7-14-9/h4-5H,1-3,6-7,13H2. The Morgan fingerprint density at radius 1 is 1.27 bits per heavy atom. The molecular weight excluding hydrogens is 197 g/mol. The van der Waals surface area contributed by atoms with Crippen LogP contribution in [0.1, 0.15) is 18.4 Å². The average Bonchev–Trinajstić information content (AvgIpc) is 2.70. The van der Waals surface area contributed by atoms with E-state index >= 15 is 0 Å². The summed E-state index contributed by atoms with van der Waals surface area (Å²) in [5.41, 5.74) is 6.06. The molecule has 4 heteroatoms. The minimum atomic E-state index is -0.290. The molecule has 0 spiro atoms. The molecule has 0 bridgehead atoms. The van der Waals surface area contributed by atoms with Crippen molar-refractivity contribution in [3.63, 3.8) is 0 Å². The molecule has 0 unspecified atom stereocenters. The van der Waals surface area contributed by atoms with E-state index in [0.717, 1.165) is 12.8 Å². The molecule has 0 aliphatic carbocycles. The molecular formula is C11H14FNO2. The van der Waals surface area contributed by atoms with Crippen LogP contribution in [0.4, 0.5) is 4.39 Å². The fourth-order valence-electron chi connectivity index (χ4n) is 1.63. The highest BCUT2D eigenvalue weighted by Gasteiger charge is 2.20. The van der Waals surface area contributed by atoms with Gasteiger partial charge in [0.15, 0.2) is 11.6 Å². The number of rotatable bonds is 4. The largest absolute Gasteiger partial charge is 0.453 e. The van der Waals surface area contributed by atoms with E-state index in [2.05, 4.69) is 0 Å². The van der Waals surface area contributed by atoms with E-state index < -0.39 is 0 Å². The van der Waals surface area contributed by atoms with E-state index in [1.54, 1.807) is 12.1 Å². The summed E-state index contributed by atoms with van der Waals surface area (Å²) >= 11 is 0. The second-order valence-corrected chi connectivity index (χ2v) is 3.52. The molecule has 1 aromatic rings. The molecule has 2 rings (SSSR count). The number of nitrogens with two attached hydrogens (primary N) is 1. The van der Waals surface area contributed by atoms with Crippen LogP contribution in [0.25, 0.3) is 0 Å². The summed E-state index contributed by atoms with van der Waals surface area (Å²) in [5.74, 6) is 0.456. The Bertz CT molecular complexity index is 355. The first-order valence-electron chi connectivity index (χ1n) is 5.10. The highest BCUT2D eigenvalue weighted by molar-refractivity contribution is 5.46. The zero-order valence-corrected chi connectivity index (χ0v) is 8.46. The van der Waals surface area contributed by atoms with Crippen LogP contribution in [0.5, 0.6) is 11.5 Å². The number of aryl methyl sites for hydroxylation is 1. The average molecular weight is 211 g/mol. The third kappa shape index (κ3) is 2.04. The minimum absolute atomic E-state index is 0.110. The van der Waals surface area contributed by atoms with Crippen LogP contribution in [0.2, 0.25) is 0 Å². The van der Waals surface area contributed by atoms with Crippen molar-refractivity contribution in [2.24, 2.45) is 5.73 Å². The Kier molecular flexibility index (Phi) is 3.06. The number of hydrogen-bond acceptors (Lipinski definition) is 3. The normalized spacial score (nSPS) is 13.2. The van der Waals surface area contributed by atoms with E-state index in [0.29, 0.717) is 24.3 Å². The van der Waals surface area contributed by atoms with Gasteiger partial charge in [-0.3, -0.25) is 0 Å². The molecule has 15 heavy (non-hydrogen) atoms. The van der Waals surface area contributed by atoms with Gasteiger partial charge in [-0.1, -0.05) is 6.07 Å². The molecule has 0 radical (unpaired) electrons. The van der Waals surface area contributed by atoms with Gasteiger partial charge in [-0.15, -0.1) is 0 Å². The Labute approximate surface area is 88.0 Å². The predicted molar refractivity (Wildman–Crippen MR) is 54.5 cm³/mol. The van der Waals surface area contributed by atoms with Gasteiger partial charge in [0.25, 0.3) is 0 Å². The van der Waals surface area contributed by atoms with Crippen LogP contribution in [0, 0.1) is 5.82 Å². The lowest BCUT2D eigenvalue weighted by Crippen LogP contribution is -2.00. The van der Waals surface area contributed by atoms with Gasteiger partial charge in [0.2, 0.25) is 12.5 Å². The summed E-state index contributed by atoms with van der Waals surface area (Å²) in [6, 6.07) is 3.50. The van der Waals surface area contributed by atoms with E-state index in [1.165, 1.54) is 0 Å². The second kappa shape index (κ2) is 4.49. The Balaban J connectivity index is 2.12. The van der Waals surface area contributed by atoms with Gasteiger partial charge in [0.05, 0.1) is 0 Å². The van der Waals surface area contributed by atoms with Crippen molar-refractivity contribution in [2.45, 2.75) is 19.3 Å². The lowest BCUT2D eigenvalue weighted by molar-refractivity contribution is 0.170. The van der Waals surface area contributed by atoms with Crippen molar-refractivity contribution < 1.29 is 13.9 Å². The summed E-state index contributed by atoms with van der Waals surface area (Å²) in [6.07, 6.45) is 2.50. The summed E-state index contributed by atoms with van der Waals surface area (Å²) in [7, 11) is 0. The van der Waals surface area contributed by atoms with Crippen LogP contribution in [0.3, 0.4) is 0 Å². The van der Waals surface area contributed by atoms with Gasteiger partial charge >= 0.3 is 0 Å². The van der Waals surface area contributed by atoms with E-state index in [4.69, 9.17) is 15.2 Å². The summed E-state index contributed by atoms with van der Waals surface area (Å²) in [5, 5.41) is 0. The van der Waals surface area contributed by atoms with Crippen molar-refractivity contribution in [3.05, 3.63) is 23.5 Å². The molecule has 82 valence electrons. The molecule has 1 heterocycles. The van der Waals surface area contributed by atoms with Gasteiger partial charge in [-0.25, -0.2) is 4.39 Å². The number of benzene rings is 1. The van der Waals surface area contributed by atoms with Gasteiger partial charge in [0.1, 0.15) is 0 Å². The molecule has 1 aromatic carbocycles. The first-order valence-corrected chi connectivity index (χ1v) is 5.10. The van der Waals surface area contributed by atoms with Crippen LogP contribution in [-0.2, 0) is 6.42 Å². The molecule has 0 saturated carbocycles. The number of hydrogen-bond donors (Lipinski definition) is 1. The van der Waals surface area contributed by atoms with E-state index in [9.17, 15) is 4.39 Å². The molecule has 2 N–H and O–H groups in total. The van der Waals surface area contributed by atoms with Crippen LogP contribution < -0.4 is 15.2 Å².